The van der Waals surface area contributed by atoms with E-state index in [2.05, 4.69) is 25.9 Å². The number of nitrogens with zero attached hydrogens (tertiary/aromatic N) is 6. The Labute approximate surface area is 162 Å². The number of nitriles is 1. The average molecular weight is 376 g/mol. The Kier molecular flexibility index (Phi) is 4.78. The smallest absolute Gasteiger partial charge is 0.174 e. The summed E-state index contributed by atoms with van der Waals surface area (Å²) in [6.07, 6.45) is 6.06. The molecule has 0 saturated heterocycles. The van der Waals surface area contributed by atoms with E-state index in [0.717, 1.165) is 60.7 Å². The number of benzene rings is 1. The monoisotopic (exact) mass is 376 g/mol. The molecule has 6 nitrogen and oxygen atoms in total. The third kappa shape index (κ3) is 3.22. The van der Waals surface area contributed by atoms with Crippen LogP contribution in [0, 0.1) is 31.0 Å². The minimum absolute atomic E-state index is 0.287. The molecule has 7 heteroatoms. The maximum Gasteiger partial charge on any atom is 0.174 e. The van der Waals surface area contributed by atoms with E-state index in [9.17, 15) is 9.65 Å². The van der Waals surface area contributed by atoms with Gasteiger partial charge in [0.2, 0.25) is 0 Å². The van der Waals surface area contributed by atoms with Crippen molar-refractivity contribution in [3.63, 3.8) is 0 Å². The van der Waals surface area contributed by atoms with Gasteiger partial charge in [-0.15, -0.1) is 10.2 Å². The van der Waals surface area contributed by atoms with Crippen LogP contribution in [0.5, 0.6) is 0 Å². The first kappa shape index (κ1) is 18.1. The van der Waals surface area contributed by atoms with Crippen LogP contribution >= 0.6 is 0 Å². The second-order valence-electron chi connectivity index (χ2n) is 7.04. The van der Waals surface area contributed by atoms with E-state index in [1.54, 1.807) is 16.8 Å². The summed E-state index contributed by atoms with van der Waals surface area (Å²) in [6.45, 7) is 4.68. The number of aromatic nitrogens is 5. The lowest BCUT2D eigenvalue weighted by Crippen LogP contribution is -2.05. The van der Waals surface area contributed by atoms with Crippen LogP contribution in [0.4, 0.5) is 4.39 Å². The van der Waals surface area contributed by atoms with E-state index < -0.39 is 0 Å². The van der Waals surface area contributed by atoms with Crippen LogP contribution in [0.1, 0.15) is 47.9 Å². The zero-order valence-corrected chi connectivity index (χ0v) is 16.0. The fourth-order valence-corrected chi connectivity index (χ4v) is 3.67. The highest BCUT2D eigenvalue weighted by Gasteiger charge is 2.19. The van der Waals surface area contributed by atoms with E-state index in [1.807, 2.05) is 19.9 Å². The highest BCUT2D eigenvalue weighted by Crippen LogP contribution is 2.25. The van der Waals surface area contributed by atoms with E-state index in [-0.39, 0.29) is 5.82 Å². The maximum atomic E-state index is 13.2. The van der Waals surface area contributed by atoms with Crippen molar-refractivity contribution in [2.24, 2.45) is 0 Å². The predicted octanol–water partition coefficient (Wildman–Crippen LogP) is 4.01. The van der Waals surface area contributed by atoms with Gasteiger partial charge in [0.1, 0.15) is 17.7 Å². The normalized spacial score (nSPS) is 14.4. The molecule has 1 aromatic carbocycles. The van der Waals surface area contributed by atoms with Crippen LogP contribution in [0.15, 0.2) is 24.3 Å². The highest BCUT2D eigenvalue weighted by molar-refractivity contribution is 5.88. The minimum Gasteiger partial charge on any atom is -0.310 e. The molecule has 1 aliphatic heterocycles. The first-order chi connectivity index (χ1) is 13.6. The van der Waals surface area contributed by atoms with Crippen molar-refractivity contribution in [3.8, 4) is 11.8 Å². The summed E-state index contributed by atoms with van der Waals surface area (Å²) in [7, 11) is 0. The first-order valence-corrected chi connectivity index (χ1v) is 9.45. The Bertz CT molecular complexity index is 1080. The van der Waals surface area contributed by atoms with Crippen molar-refractivity contribution >= 4 is 11.6 Å². The molecule has 0 radical (unpaired) electrons. The van der Waals surface area contributed by atoms with Crippen LogP contribution in [-0.2, 0) is 13.0 Å². The van der Waals surface area contributed by atoms with Crippen molar-refractivity contribution in [3.05, 3.63) is 58.7 Å². The Balaban J connectivity index is 1.77. The van der Waals surface area contributed by atoms with Gasteiger partial charge in [-0.05, 0) is 57.0 Å². The SMILES string of the molecule is Cc1nn(-c2ccc(F)cc2)c(C)c1/C=C(\C#N)c1nnc2n1CCCCC2. The number of hydrogen-bond donors (Lipinski definition) is 0. The van der Waals surface area contributed by atoms with Gasteiger partial charge in [-0.25, -0.2) is 9.07 Å². The fraction of sp³-hybridized carbons (Fsp3) is 0.333. The average Bonchev–Trinajstić information content (AvgIpc) is 3.11. The number of hydrogen-bond acceptors (Lipinski definition) is 4. The fourth-order valence-electron chi connectivity index (χ4n) is 3.67. The quantitative estimate of drug-likeness (QED) is 0.648. The van der Waals surface area contributed by atoms with Crippen LogP contribution < -0.4 is 0 Å². The third-order valence-electron chi connectivity index (χ3n) is 5.18. The van der Waals surface area contributed by atoms with E-state index in [1.165, 1.54) is 12.1 Å². The molecule has 0 fully saturated rings. The standard InChI is InChI=1S/C21H21FN6/c1-14-19(15(2)28(26-14)18-9-7-17(22)8-10-18)12-16(13-23)21-25-24-20-6-4-3-5-11-27(20)21/h7-10,12H,3-6,11H2,1-2H3/b16-12+. The largest absolute Gasteiger partial charge is 0.310 e. The van der Waals surface area contributed by atoms with Crippen LogP contribution in [0.25, 0.3) is 17.3 Å². The van der Waals surface area contributed by atoms with Gasteiger partial charge in [0.25, 0.3) is 0 Å². The van der Waals surface area contributed by atoms with Crippen molar-refractivity contribution in [2.75, 3.05) is 0 Å². The molecule has 0 atom stereocenters. The number of rotatable bonds is 3. The molecule has 0 amide bonds. The molecule has 3 heterocycles. The topological polar surface area (TPSA) is 72.3 Å². The summed E-state index contributed by atoms with van der Waals surface area (Å²) in [5.74, 6) is 1.28. The predicted molar refractivity (Wildman–Crippen MR) is 104 cm³/mol. The lowest BCUT2D eigenvalue weighted by atomic mass is 10.1. The van der Waals surface area contributed by atoms with Gasteiger partial charge in [0.15, 0.2) is 5.82 Å². The molecule has 0 spiro atoms. The molecule has 1 aliphatic rings. The summed E-state index contributed by atoms with van der Waals surface area (Å²) in [5, 5.41) is 23.0. The summed E-state index contributed by atoms with van der Waals surface area (Å²) < 4.78 is 17.1. The number of fused-ring (bicyclic) bond motifs is 1. The molecule has 142 valence electrons. The number of halogens is 1. The van der Waals surface area contributed by atoms with E-state index in [4.69, 9.17) is 0 Å². The van der Waals surface area contributed by atoms with Crippen LogP contribution in [0.3, 0.4) is 0 Å². The van der Waals surface area contributed by atoms with Crippen molar-refractivity contribution in [1.82, 2.24) is 24.5 Å². The van der Waals surface area contributed by atoms with Gasteiger partial charge >= 0.3 is 0 Å². The van der Waals surface area contributed by atoms with Gasteiger partial charge < -0.3 is 4.57 Å². The van der Waals surface area contributed by atoms with E-state index >= 15 is 0 Å². The Hall–Kier alpha value is -3.27. The second kappa shape index (κ2) is 7.39. The van der Waals surface area contributed by atoms with Crippen LogP contribution in [0.2, 0.25) is 0 Å². The molecule has 3 aromatic rings. The molecular weight excluding hydrogens is 355 g/mol. The molecule has 28 heavy (non-hydrogen) atoms. The van der Waals surface area contributed by atoms with Crippen molar-refractivity contribution in [2.45, 2.75) is 46.1 Å². The molecule has 0 saturated carbocycles. The first-order valence-electron chi connectivity index (χ1n) is 9.45. The molecule has 0 N–H and O–H groups in total. The zero-order chi connectivity index (χ0) is 19.7. The Morgan fingerprint density at radius 3 is 2.68 bits per heavy atom. The van der Waals surface area contributed by atoms with E-state index in [0.29, 0.717) is 11.4 Å². The summed E-state index contributed by atoms with van der Waals surface area (Å²) >= 11 is 0. The van der Waals surface area contributed by atoms with Crippen molar-refractivity contribution < 1.29 is 4.39 Å². The van der Waals surface area contributed by atoms with Gasteiger partial charge in [0.05, 0.1) is 17.0 Å². The molecule has 4 rings (SSSR count). The Morgan fingerprint density at radius 2 is 1.93 bits per heavy atom. The molecule has 0 bridgehead atoms. The number of allylic oxidation sites excluding steroid dienone is 1. The Morgan fingerprint density at radius 1 is 1.14 bits per heavy atom. The second-order valence-corrected chi connectivity index (χ2v) is 7.04. The molecular formula is C21H21FN6. The zero-order valence-electron chi connectivity index (χ0n) is 16.0. The van der Waals surface area contributed by atoms with Crippen molar-refractivity contribution in [1.29, 1.82) is 5.26 Å². The summed E-state index contributed by atoms with van der Waals surface area (Å²) in [6, 6.07) is 8.48. The molecule has 0 unspecified atom stereocenters. The minimum atomic E-state index is -0.287. The molecule has 0 aliphatic carbocycles. The summed E-state index contributed by atoms with van der Waals surface area (Å²) in [4.78, 5) is 0. The van der Waals surface area contributed by atoms with Gasteiger partial charge in [-0.1, -0.05) is 6.42 Å². The third-order valence-corrected chi connectivity index (χ3v) is 5.18. The van der Waals surface area contributed by atoms with Gasteiger partial charge in [-0.3, -0.25) is 0 Å². The highest BCUT2D eigenvalue weighted by atomic mass is 19.1. The lowest BCUT2D eigenvalue weighted by molar-refractivity contribution is 0.627. The van der Waals surface area contributed by atoms with Gasteiger partial charge in [0, 0.05) is 24.2 Å². The van der Waals surface area contributed by atoms with Gasteiger partial charge in [-0.2, -0.15) is 10.4 Å². The maximum absolute atomic E-state index is 13.2. The molecule has 2 aromatic heterocycles. The number of aryl methyl sites for hydroxylation is 2. The summed E-state index contributed by atoms with van der Waals surface area (Å²) in [5.41, 5.74) is 3.80. The lowest BCUT2D eigenvalue weighted by Gasteiger charge is -2.06. The van der Waals surface area contributed by atoms with Crippen LogP contribution in [-0.4, -0.2) is 24.5 Å².